The van der Waals surface area contributed by atoms with Crippen molar-refractivity contribution in [2.45, 2.75) is 25.7 Å². The highest BCUT2D eigenvalue weighted by Crippen LogP contribution is 2.32. The predicted molar refractivity (Wildman–Crippen MR) is 39.6 cm³/mol. The summed E-state index contributed by atoms with van der Waals surface area (Å²) >= 11 is 0. The summed E-state index contributed by atoms with van der Waals surface area (Å²) in [6.45, 7) is 0. The molecule has 0 spiro atoms. The Morgan fingerprint density at radius 3 is 3.00 bits per heavy atom. The first-order valence-electron chi connectivity index (χ1n) is 4.08. The van der Waals surface area contributed by atoms with Crippen LogP contribution in [0.4, 0.5) is 0 Å². The van der Waals surface area contributed by atoms with Crippen LogP contribution in [-0.4, -0.2) is 5.78 Å². The van der Waals surface area contributed by atoms with Gasteiger partial charge in [0.2, 0.25) is 0 Å². The molecule has 54 valence electrons. The van der Waals surface area contributed by atoms with Crippen molar-refractivity contribution in [3.05, 3.63) is 12.2 Å². The molecule has 0 saturated heterocycles. The van der Waals surface area contributed by atoms with Crippen LogP contribution < -0.4 is 0 Å². The van der Waals surface area contributed by atoms with Crippen LogP contribution in [0, 0.1) is 11.8 Å². The highest BCUT2D eigenvalue weighted by atomic mass is 16.1. The Morgan fingerprint density at radius 2 is 2.30 bits per heavy atom. The molecule has 2 bridgehead atoms. The van der Waals surface area contributed by atoms with Gasteiger partial charge in [-0.05, 0) is 19.3 Å². The van der Waals surface area contributed by atoms with E-state index >= 15 is 0 Å². The third-order valence-electron chi connectivity index (χ3n) is 2.62. The lowest BCUT2D eigenvalue weighted by molar-refractivity contribution is -0.127. The van der Waals surface area contributed by atoms with E-state index in [1.807, 2.05) is 0 Å². The Balaban J connectivity index is 2.25. The van der Waals surface area contributed by atoms with Gasteiger partial charge in [-0.2, -0.15) is 0 Å². The van der Waals surface area contributed by atoms with Crippen molar-refractivity contribution in [2.75, 3.05) is 0 Å². The second-order valence-corrected chi connectivity index (χ2v) is 3.30. The number of ketones is 1. The fourth-order valence-corrected chi connectivity index (χ4v) is 2.00. The zero-order valence-electron chi connectivity index (χ0n) is 6.05. The van der Waals surface area contributed by atoms with Crippen LogP contribution in [0.25, 0.3) is 0 Å². The van der Waals surface area contributed by atoms with E-state index in [2.05, 4.69) is 12.2 Å². The van der Waals surface area contributed by atoms with Gasteiger partial charge in [0.25, 0.3) is 0 Å². The van der Waals surface area contributed by atoms with Gasteiger partial charge in [0, 0.05) is 11.8 Å². The van der Waals surface area contributed by atoms with Crippen LogP contribution in [0.1, 0.15) is 25.7 Å². The minimum atomic E-state index is 0.299. The Hall–Kier alpha value is -0.590. The molecule has 2 aliphatic carbocycles. The van der Waals surface area contributed by atoms with Gasteiger partial charge in [-0.1, -0.05) is 18.6 Å². The van der Waals surface area contributed by atoms with Crippen molar-refractivity contribution in [2.24, 2.45) is 11.8 Å². The van der Waals surface area contributed by atoms with Crippen LogP contribution >= 0.6 is 0 Å². The molecule has 0 aromatic carbocycles. The summed E-state index contributed by atoms with van der Waals surface area (Å²) in [4.78, 5) is 11.4. The average molecular weight is 136 g/mol. The number of Topliss-reactive ketones (excluding diaryl/α,β-unsaturated/α-hetero) is 1. The normalized spacial score (nSPS) is 38.2. The predicted octanol–water partition coefficient (Wildman–Crippen LogP) is 1.93. The Morgan fingerprint density at radius 1 is 1.40 bits per heavy atom. The smallest absolute Gasteiger partial charge is 0.143 e. The molecule has 1 nitrogen and oxygen atoms in total. The topological polar surface area (TPSA) is 17.1 Å². The van der Waals surface area contributed by atoms with Crippen molar-refractivity contribution >= 4 is 5.78 Å². The fraction of sp³-hybridized carbons (Fsp3) is 0.667. The van der Waals surface area contributed by atoms with Gasteiger partial charge in [-0.25, -0.2) is 0 Å². The first-order valence-corrected chi connectivity index (χ1v) is 4.08. The third-order valence-corrected chi connectivity index (χ3v) is 2.62. The maximum atomic E-state index is 11.4. The molecule has 0 N–H and O–H groups in total. The SMILES string of the molecule is O=C1[C@H]2CC=C[C@@H]1CCC2. The molecule has 10 heavy (non-hydrogen) atoms. The van der Waals surface area contributed by atoms with Crippen molar-refractivity contribution in [3.8, 4) is 0 Å². The van der Waals surface area contributed by atoms with E-state index in [4.69, 9.17) is 0 Å². The molecule has 0 amide bonds. The first kappa shape index (κ1) is 6.14. The molecule has 2 rings (SSSR count). The van der Waals surface area contributed by atoms with Crippen molar-refractivity contribution in [1.82, 2.24) is 0 Å². The van der Waals surface area contributed by atoms with Gasteiger partial charge in [-0.3, -0.25) is 4.79 Å². The minimum Gasteiger partial charge on any atom is -0.299 e. The summed E-state index contributed by atoms with van der Waals surface area (Å²) < 4.78 is 0. The van der Waals surface area contributed by atoms with Gasteiger partial charge in [0.15, 0.2) is 0 Å². The number of carbonyl (C=O) groups is 1. The van der Waals surface area contributed by atoms with Crippen LogP contribution in [-0.2, 0) is 4.79 Å². The van der Waals surface area contributed by atoms with E-state index in [1.54, 1.807) is 0 Å². The van der Waals surface area contributed by atoms with Crippen molar-refractivity contribution < 1.29 is 4.79 Å². The minimum absolute atomic E-state index is 0.299. The lowest BCUT2D eigenvalue weighted by Gasteiger charge is -2.28. The zero-order chi connectivity index (χ0) is 6.97. The lowest BCUT2D eigenvalue weighted by atomic mass is 9.75. The summed E-state index contributed by atoms with van der Waals surface area (Å²) in [5, 5.41) is 0. The number of rotatable bonds is 0. The highest BCUT2D eigenvalue weighted by molar-refractivity contribution is 5.86. The van der Waals surface area contributed by atoms with Gasteiger partial charge < -0.3 is 0 Å². The number of carbonyl (C=O) groups excluding carboxylic acids is 1. The average Bonchev–Trinajstić information content (AvgIpc) is 1.86. The van der Waals surface area contributed by atoms with Crippen LogP contribution in [0.5, 0.6) is 0 Å². The van der Waals surface area contributed by atoms with Crippen LogP contribution in [0.2, 0.25) is 0 Å². The molecule has 0 heterocycles. The number of hydrogen-bond donors (Lipinski definition) is 0. The Kier molecular flexibility index (Phi) is 1.37. The summed E-state index contributed by atoms with van der Waals surface area (Å²) in [5.41, 5.74) is 0. The van der Waals surface area contributed by atoms with Gasteiger partial charge in [-0.15, -0.1) is 0 Å². The molecule has 1 fully saturated rings. The number of hydrogen-bond acceptors (Lipinski definition) is 1. The Labute approximate surface area is 61.1 Å². The Bertz CT molecular complexity index is 181. The zero-order valence-corrected chi connectivity index (χ0v) is 6.05. The van der Waals surface area contributed by atoms with Gasteiger partial charge in [0.05, 0.1) is 0 Å². The molecule has 0 aromatic heterocycles. The van der Waals surface area contributed by atoms with Crippen molar-refractivity contribution in [3.63, 3.8) is 0 Å². The molecule has 0 aromatic rings. The van der Waals surface area contributed by atoms with Crippen LogP contribution in [0.3, 0.4) is 0 Å². The maximum absolute atomic E-state index is 11.4. The summed E-state index contributed by atoms with van der Waals surface area (Å²) in [6.07, 6.45) is 8.78. The first-order chi connectivity index (χ1) is 4.88. The molecule has 1 saturated carbocycles. The highest BCUT2D eigenvalue weighted by Gasteiger charge is 2.30. The van der Waals surface area contributed by atoms with E-state index in [1.165, 1.54) is 6.42 Å². The summed E-state index contributed by atoms with van der Waals surface area (Å²) in [7, 11) is 0. The molecule has 2 atom stereocenters. The second-order valence-electron chi connectivity index (χ2n) is 3.30. The standard InChI is InChI=1S/C9H12O/c10-9-7-3-1-4-8(9)6-2-5-7/h1,3,7-8H,2,4-6H2/t7-,8+/m1/s1. The molecule has 0 radical (unpaired) electrons. The number of fused-ring (bicyclic) bond motifs is 2. The number of allylic oxidation sites excluding steroid dienone is 2. The molecular formula is C9H12O. The summed E-state index contributed by atoms with van der Waals surface area (Å²) in [6, 6.07) is 0. The second kappa shape index (κ2) is 2.22. The fourth-order valence-electron chi connectivity index (χ4n) is 2.00. The maximum Gasteiger partial charge on any atom is 0.143 e. The monoisotopic (exact) mass is 136 g/mol. The quantitative estimate of drug-likeness (QED) is 0.465. The summed E-state index contributed by atoms with van der Waals surface area (Å²) in [5.74, 6) is 1.20. The van der Waals surface area contributed by atoms with E-state index in [-0.39, 0.29) is 0 Å². The molecule has 1 heteroatoms. The lowest BCUT2D eigenvalue weighted by Crippen LogP contribution is -2.29. The molecule has 0 aliphatic heterocycles. The largest absolute Gasteiger partial charge is 0.299 e. The third kappa shape index (κ3) is 0.808. The van der Waals surface area contributed by atoms with E-state index in [0.29, 0.717) is 17.6 Å². The molecule has 2 aliphatic rings. The van der Waals surface area contributed by atoms with E-state index in [0.717, 1.165) is 19.3 Å². The van der Waals surface area contributed by atoms with Gasteiger partial charge >= 0.3 is 0 Å². The van der Waals surface area contributed by atoms with Crippen molar-refractivity contribution in [1.29, 1.82) is 0 Å². The molecule has 0 unspecified atom stereocenters. The molecular weight excluding hydrogens is 124 g/mol. The van der Waals surface area contributed by atoms with Gasteiger partial charge in [0.1, 0.15) is 5.78 Å². The van der Waals surface area contributed by atoms with E-state index in [9.17, 15) is 4.79 Å². The van der Waals surface area contributed by atoms with E-state index < -0.39 is 0 Å². The van der Waals surface area contributed by atoms with Crippen LogP contribution in [0.15, 0.2) is 12.2 Å².